The lowest BCUT2D eigenvalue weighted by atomic mass is 9.88. The van der Waals surface area contributed by atoms with Gasteiger partial charge in [-0.05, 0) is 51.1 Å². The second kappa shape index (κ2) is 7.69. The molecule has 2 rings (SSSR count). The van der Waals surface area contributed by atoms with Crippen LogP contribution < -0.4 is 5.32 Å². The van der Waals surface area contributed by atoms with Crippen molar-refractivity contribution in [2.75, 3.05) is 7.05 Å². The summed E-state index contributed by atoms with van der Waals surface area (Å²) in [6.07, 6.45) is 11.1. The van der Waals surface area contributed by atoms with Gasteiger partial charge in [0.15, 0.2) is 0 Å². The molecule has 0 amide bonds. The minimum atomic E-state index is 0.707. The second-order valence-corrected chi connectivity index (χ2v) is 6.17. The Hall–Kier alpha value is -0.820. The first-order chi connectivity index (χ1) is 9.29. The molecule has 1 heteroatoms. The number of rotatable bonds is 5. The van der Waals surface area contributed by atoms with E-state index in [0.717, 1.165) is 5.92 Å². The summed E-state index contributed by atoms with van der Waals surface area (Å²) >= 11 is 0. The van der Waals surface area contributed by atoms with Gasteiger partial charge < -0.3 is 5.32 Å². The first-order valence-electron chi connectivity index (χ1n) is 8.02. The molecule has 1 atom stereocenters. The average Bonchev–Trinajstić information content (AvgIpc) is 2.69. The van der Waals surface area contributed by atoms with E-state index >= 15 is 0 Å². The second-order valence-electron chi connectivity index (χ2n) is 6.17. The third-order valence-electron chi connectivity index (χ3n) is 4.67. The van der Waals surface area contributed by atoms with Gasteiger partial charge in [-0.15, -0.1) is 0 Å². The molecule has 1 aromatic rings. The number of hydrogen-bond donors (Lipinski definition) is 1. The Morgan fingerprint density at radius 1 is 1.16 bits per heavy atom. The van der Waals surface area contributed by atoms with E-state index in [1.54, 1.807) is 0 Å². The topological polar surface area (TPSA) is 12.0 Å². The van der Waals surface area contributed by atoms with Crippen molar-refractivity contribution in [1.29, 1.82) is 0 Å². The molecule has 0 aromatic heterocycles. The van der Waals surface area contributed by atoms with E-state index in [1.807, 2.05) is 0 Å². The summed E-state index contributed by atoms with van der Waals surface area (Å²) in [6.45, 7) is 2.18. The van der Waals surface area contributed by atoms with Crippen LogP contribution in [0.15, 0.2) is 24.3 Å². The predicted molar refractivity (Wildman–Crippen MR) is 83.5 cm³/mol. The minimum absolute atomic E-state index is 0.707. The van der Waals surface area contributed by atoms with E-state index in [1.165, 1.54) is 62.5 Å². The van der Waals surface area contributed by atoms with Crippen molar-refractivity contribution >= 4 is 0 Å². The summed E-state index contributed by atoms with van der Waals surface area (Å²) in [5.74, 6) is 0.900. The van der Waals surface area contributed by atoms with Gasteiger partial charge in [0, 0.05) is 6.04 Å². The Kier molecular flexibility index (Phi) is 5.91. The molecule has 19 heavy (non-hydrogen) atoms. The molecule has 0 aliphatic heterocycles. The summed E-state index contributed by atoms with van der Waals surface area (Å²) in [6, 6.07) is 9.68. The van der Waals surface area contributed by atoms with Crippen LogP contribution in [-0.2, 0) is 6.42 Å². The standard InChI is InChI=1S/C18H29N/c1-15-8-7-9-16(14-15)12-13-18(19-2)17-10-5-3-4-6-11-17/h7-9,14,17-19H,3-6,10-13H2,1-2H3. The van der Waals surface area contributed by atoms with Gasteiger partial charge in [0.2, 0.25) is 0 Å². The van der Waals surface area contributed by atoms with Crippen LogP contribution in [0.4, 0.5) is 0 Å². The molecule has 0 radical (unpaired) electrons. The maximum atomic E-state index is 3.58. The molecule has 1 aliphatic rings. The van der Waals surface area contributed by atoms with Crippen molar-refractivity contribution in [3.8, 4) is 0 Å². The summed E-state index contributed by atoms with van der Waals surface area (Å²) in [7, 11) is 2.14. The number of aryl methyl sites for hydroxylation is 2. The van der Waals surface area contributed by atoms with Gasteiger partial charge in [0.25, 0.3) is 0 Å². The fraction of sp³-hybridized carbons (Fsp3) is 0.667. The van der Waals surface area contributed by atoms with E-state index in [4.69, 9.17) is 0 Å². The van der Waals surface area contributed by atoms with Crippen LogP contribution in [0.2, 0.25) is 0 Å². The molecule has 1 saturated carbocycles. The van der Waals surface area contributed by atoms with Crippen LogP contribution in [0.25, 0.3) is 0 Å². The van der Waals surface area contributed by atoms with Crippen LogP contribution in [0.3, 0.4) is 0 Å². The van der Waals surface area contributed by atoms with Gasteiger partial charge in [0.05, 0.1) is 0 Å². The van der Waals surface area contributed by atoms with Gasteiger partial charge >= 0.3 is 0 Å². The van der Waals surface area contributed by atoms with E-state index in [-0.39, 0.29) is 0 Å². The Morgan fingerprint density at radius 2 is 1.89 bits per heavy atom. The maximum absolute atomic E-state index is 3.58. The number of hydrogen-bond acceptors (Lipinski definition) is 1. The molecule has 1 unspecified atom stereocenters. The predicted octanol–water partition coefficient (Wildman–Crippen LogP) is 4.49. The third-order valence-corrected chi connectivity index (χ3v) is 4.67. The number of benzene rings is 1. The molecule has 0 bridgehead atoms. The molecular formula is C18H29N. The Balaban J connectivity index is 1.87. The van der Waals surface area contributed by atoms with Crippen LogP contribution in [0, 0.1) is 12.8 Å². The fourth-order valence-corrected chi connectivity index (χ4v) is 3.52. The quantitative estimate of drug-likeness (QED) is 0.768. The van der Waals surface area contributed by atoms with Gasteiger partial charge in [-0.25, -0.2) is 0 Å². The fourth-order valence-electron chi connectivity index (χ4n) is 3.52. The molecule has 0 heterocycles. The first-order valence-corrected chi connectivity index (χ1v) is 8.02. The van der Waals surface area contributed by atoms with Gasteiger partial charge in [-0.1, -0.05) is 55.5 Å². The van der Waals surface area contributed by atoms with Crippen LogP contribution in [0.1, 0.15) is 56.1 Å². The van der Waals surface area contributed by atoms with Crippen molar-refractivity contribution in [2.45, 2.75) is 64.3 Å². The Morgan fingerprint density at radius 3 is 2.53 bits per heavy atom. The molecule has 0 saturated heterocycles. The molecule has 1 aromatic carbocycles. The van der Waals surface area contributed by atoms with E-state index in [2.05, 4.69) is 43.6 Å². The lowest BCUT2D eigenvalue weighted by Crippen LogP contribution is -2.33. The van der Waals surface area contributed by atoms with Crippen LogP contribution >= 0.6 is 0 Å². The zero-order chi connectivity index (χ0) is 13.5. The Labute approximate surface area is 118 Å². The van der Waals surface area contributed by atoms with Crippen molar-refractivity contribution in [2.24, 2.45) is 5.92 Å². The highest BCUT2D eigenvalue weighted by molar-refractivity contribution is 5.22. The van der Waals surface area contributed by atoms with Gasteiger partial charge in [-0.2, -0.15) is 0 Å². The molecule has 1 aliphatic carbocycles. The van der Waals surface area contributed by atoms with Gasteiger partial charge in [0.1, 0.15) is 0 Å². The van der Waals surface area contributed by atoms with E-state index < -0.39 is 0 Å². The molecular weight excluding hydrogens is 230 g/mol. The normalized spacial score (nSPS) is 19.1. The van der Waals surface area contributed by atoms with Gasteiger partial charge in [-0.3, -0.25) is 0 Å². The summed E-state index contributed by atoms with van der Waals surface area (Å²) in [4.78, 5) is 0. The molecule has 106 valence electrons. The molecule has 1 nitrogen and oxygen atoms in total. The first kappa shape index (κ1) is 14.6. The smallest absolute Gasteiger partial charge is 0.00954 e. The highest BCUT2D eigenvalue weighted by atomic mass is 14.9. The van der Waals surface area contributed by atoms with Crippen molar-refractivity contribution in [3.63, 3.8) is 0 Å². The minimum Gasteiger partial charge on any atom is -0.317 e. The highest BCUT2D eigenvalue weighted by Crippen LogP contribution is 2.27. The van der Waals surface area contributed by atoms with Crippen molar-refractivity contribution in [1.82, 2.24) is 5.32 Å². The Bertz CT molecular complexity index is 364. The largest absolute Gasteiger partial charge is 0.317 e. The molecule has 1 fully saturated rings. The van der Waals surface area contributed by atoms with E-state index in [9.17, 15) is 0 Å². The van der Waals surface area contributed by atoms with Crippen LogP contribution in [-0.4, -0.2) is 13.1 Å². The number of nitrogens with one attached hydrogen (secondary N) is 1. The maximum Gasteiger partial charge on any atom is 0.00954 e. The van der Waals surface area contributed by atoms with Crippen LogP contribution in [0.5, 0.6) is 0 Å². The SMILES string of the molecule is CNC(CCc1cccc(C)c1)C1CCCCCC1. The lowest BCUT2D eigenvalue weighted by molar-refractivity contribution is 0.319. The zero-order valence-corrected chi connectivity index (χ0v) is 12.6. The molecule has 1 N–H and O–H groups in total. The van der Waals surface area contributed by atoms with Crippen molar-refractivity contribution in [3.05, 3.63) is 35.4 Å². The van der Waals surface area contributed by atoms with E-state index in [0.29, 0.717) is 6.04 Å². The highest BCUT2D eigenvalue weighted by Gasteiger charge is 2.20. The third kappa shape index (κ3) is 4.65. The summed E-state index contributed by atoms with van der Waals surface area (Å²) in [5, 5.41) is 3.58. The zero-order valence-electron chi connectivity index (χ0n) is 12.6. The molecule has 0 spiro atoms. The van der Waals surface area contributed by atoms with Crippen molar-refractivity contribution < 1.29 is 0 Å². The lowest BCUT2D eigenvalue weighted by Gasteiger charge is -2.26. The summed E-state index contributed by atoms with van der Waals surface area (Å²) < 4.78 is 0. The monoisotopic (exact) mass is 259 g/mol. The average molecular weight is 259 g/mol. The summed E-state index contributed by atoms with van der Waals surface area (Å²) in [5.41, 5.74) is 2.88.